The molecule has 2 aromatic rings. The minimum atomic E-state index is -0.642. The third-order valence-electron chi connectivity index (χ3n) is 8.04. The van der Waals surface area contributed by atoms with E-state index >= 15 is 0 Å². The largest absolute Gasteiger partial charge is 0.535 e. The summed E-state index contributed by atoms with van der Waals surface area (Å²) in [5.74, 6) is 3.34. The van der Waals surface area contributed by atoms with E-state index in [0.717, 1.165) is 35.6 Å². The summed E-state index contributed by atoms with van der Waals surface area (Å²) in [5.41, 5.74) is 3.00. The minimum Gasteiger partial charge on any atom is -0.535 e. The third kappa shape index (κ3) is 13.0. The van der Waals surface area contributed by atoms with Gasteiger partial charge in [-0.1, -0.05) is 117 Å². The van der Waals surface area contributed by atoms with Crippen LogP contribution in [0.25, 0.3) is 11.4 Å². The predicted octanol–water partition coefficient (Wildman–Crippen LogP) is 8.74. The van der Waals surface area contributed by atoms with Crippen molar-refractivity contribution < 1.29 is 4.43 Å². The summed E-state index contributed by atoms with van der Waals surface area (Å²) in [6, 6.07) is 5.48. The van der Waals surface area contributed by atoms with Crippen LogP contribution in [0.2, 0.25) is 6.04 Å². The third-order valence-corrected chi connectivity index (χ3v) is 9.76. The van der Waals surface area contributed by atoms with Crippen LogP contribution in [0.1, 0.15) is 123 Å². The second-order valence-electron chi connectivity index (χ2n) is 11.8. The Kier molecular flexibility index (Phi) is 14.3. The molecular formula is C32H53N3OSi. The smallest absolute Gasteiger partial charge is 0.221 e. The molecule has 0 spiro atoms. The average Bonchev–Trinajstić information content (AvgIpc) is 3.75. The first-order valence-corrected chi connectivity index (χ1v) is 17.1. The Morgan fingerprint density at radius 3 is 2.32 bits per heavy atom. The molecule has 3 rings (SSSR count). The molecule has 0 aromatic carbocycles. The Hall–Kier alpha value is -1.75. The number of aryl methyl sites for hydroxylation is 1. The maximum Gasteiger partial charge on any atom is 0.221 e. The van der Waals surface area contributed by atoms with Crippen molar-refractivity contribution in [3.63, 3.8) is 0 Å². The van der Waals surface area contributed by atoms with Gasteiger partial charge in [0.05, 0.1) is 18.1 Å². The molecular weight excluding hydrogens is 470 g/mol. The topological polar surface area (TPSA) is 47.9 Å². The van der Waals surface area contributed by atoms with Gasteiger partial charge >= 0.3 is 0 Å². The molecule has 1 saturated carbocycles. The maximum atomic E-state index is 6.09. The Labute approximate surface area is 229 Å². The van der Waals surface area contributed by atoms with Crippen LogP contribution in [-0.4, -0.2) is 24.7 Å². The summed E-state index contributed by atoms with van der Waals surface area (Å²) in [7, 11) is -0.642. The number of nitrogens with zero attached hydrogens (tertiary/aromatic N) is 3. The van der Waals surface area contributed by atoms with E-state index in [-0.39, 0.29) is 0 Å². The van der Waals surface area contributed by atoms with E-state index < -0.39 is 9.76 Å². The molecule has 0 saturated heterocycles. The lowest BCUT2D eigenvalue weighted by molar-refractivity contribution is 0.412. The van der Waals surface area contributed by atoms with E-state index in [1.54, 1.807) is 12.4 Å². The lowest BCUT2D eigenvalue weighted by Crippen LogP contribution is -2.09. The van der Waals surface area contributed by atoms with Gasteiger partial charge in [-0.25, -0.2) is 4.98 Å². The normalized spacial score (nSPS) is 15.3. The first-order chi connectivity index (χ1) is 18.1. The van der Waals surface area contributed by atoms with Crippen LogP contribution in [-0.2, 0) is 6.42 Å². The Morgan fingerprint density at radius 1 is 0.838 bits per heavy atom. The predicted molar refractivity (Wildman–Crippen MR) is 160 cm³/mol. The van der Waals surface area contributed by atoms with Crippen molar-refractivity contribution in [3.8, 4) is 17.3 Å². The molecule has 1 aliphatic rings. The molecule has 0 aliphatic heterocycles. The highest BCUT2D eigenvalue weighted by Crippen LogP contribution is 2.34. The first-order valence-electron chi connectivity index (χ1n) is 15.5. The summed E-state index contributed by atoms with van der Waals surface area (Å²) in [6.45, 7) is 7.05. The fourth-order valence-electron chi connectivity index (χ4n) is 5.09. The zero-order chi connectivity index (χ0) is 26.1. The quantitative estimate of drug-likeness (QED) is 0.121. The molecule has 0 radical (unpaired) electrons. The molecule has 2 heterocycles. The molecule has 0 bridgehead atoms. The van der Waals surface area contributed by atoms with Gasteiger partial charge in [0.15, 0.2) is 0 Å². The fourth-order valence-corrected chi connectivity index (χ4v) is 6.25. The molecule has 37 heavy (non-hydrogen) atoms. The van der Waals surface area contributed by atoms with Gasteiger partial charge in [-0.2, -0.15) is 0 Å². The van der Waals surface area contributed by atoms with Crippen molar-refractivity contribution in [2.24, 2.45) is 17.8 Å². The summed E-state index contributed by atoms with van der Waals surface area (Å²) in [5, 5.41) is 0. The Morgan fingerprint density at radius 2 is 1.59 bits per heavy atom. The first kappa shape index (κ1) is 29.8. The molecule has 4 nitrogen and oxygen atoms in total. The van der Waals surface area contributed by atoms with E-state index in [0.29, 0.717) is 5.88 Å². The zero-order valence-corrected chi connectivity index (χ0v) is 25.5. The van der Waals surface area contributed by atoms with Crippen molar-refractivity contribution in [2.75, 3.05) is 0 Å². The van der Waals surface area contributed by atoms with Gasteiger partial charge in [0.2, 0.25) is 15.6 Å². The molecule has 2 atom stereocenters. The molecule has 0 amide bonds. The number of hydrogen-bond donors (Lipinski definition) is 0. The molecule has 2 aromatic heterocycles. The van der Waals surface area contributed by atoms with Crippen LogP contribution < -0.4 is 4.43 Å². The fraction of sp³-hybridized carbons (Fsp3) is 0.719. The van der Waals surface area contributed by atoms with E-state index in [1.165, 1.54) is 108 Å². The zero-order valence-electron chi connectivity index (χ0n) is 24.1. The van der Waals surface area contributed by atoms with E-state index in [4.69, 9.17) is 9.41 Å². The number of hydrogen-bond acceptors (Lipinski definition) is 4. The summed E-state index contributed by atoms with van der Waals surface area (Å²) in [4.78, 5) is 13.7. The van der Waals surface area contributed by atoms with Gasteiger partial charge in [0.1, 0.15) is 5.69 Å². The van der Waals surface area contributed by atoms with Crippen LogP contribution in [0.3, 0.4) is 0 Å². The molecule has 1 fully saturated rings. The lowest BCUT2D eigenvalue weighted by atomic mass is 9.95. The van der Waals surface area contributed by atoms with Gasteiger partial charge in [-0.15, -0.1) is 0 Å². The number of aromatic nitrogens is 3. The standard InChI is InChI=1S/C32H53N3OSi/c1-4-5-13-26(2)16-17-27(3)25-37-36-32-24-33-23-31(35-32)30-21-20-29(22-34-30)15-12-10-8-6-7-9-11-14-28-18-19-28/h20-24,26-28H,4-19,25,37H2,1-3H3. The maximum absolute atomic E-state index is 6.09. The second-order valence-corrected chi connectivity index (χ2v) is 13.1. The summed E-state index contributed by atoms with van der Waals surface area (Å²) >= 11 is 0. The van der Waals surface area contributed by atoms with Crippen LogP contribution in [0, 0.1) is 17.8 Å². The van der Waals surface area contributed by atoms with Crippen LogP contribution >= 0.6 is 0 Å². The highest BCUT2D eigenvalue weighted by atomic mass is 28.2. The molecule has 5 heteroatoms. The second kappa shape index (κ2) is 17.7. The van der Waals surface area contributed by atoms with Gasteiger partial charge in [0, 0.05) is 6.20 Å². The highest BCUT2D eigenvalue weighted by Gasteiger charge is 2.19. The highest BCUT2D eigenvalue weighted by molar-refractivity contribution is 6.28. The molecule has 1 aliphatic carbocycles. The molecule has 0 N–H and O–H groups in total. The number of unbranched alkanes of at least 4 members (excludes halogenated alkanes) is 7. The number of rotatable bonds is 21. The van der Waals surface area contributed by atoms with Crippen LogP contribution in [0.15, 0.2) is 30.7 Å². The molecule has 2 unspecified atom stereocenters. The van der Waals surface area contributed by atoms with Gasteiger partial charge in [-0.05, 0) is 48.3 Å². The van der Waals surface area contributed by atoms with Crippen LogP contribution in [0.5, 0.6) is 5.88 Å². The summed E-state index contributed by atoms with van der Waals surface area (Å²) in [6.07, 6.45) is 27.5. The molecule has 206 valence electrons. The van der Waals surface area contributed by atoms with Gasteiger partial charge in [0.25, 0.3) is 0 Å². The SMILES string of the molecule is CCCCC(C)CCC(C)C[SiH2]Oc1cncc(-c2ccc(CCCCCCCCCC3CC3)cn2)n1. The van der Waals surface area contributed by atoms with Crippen molar-refractivity contribution >= 4 is 9.76 Å². The van der Waals surface area contributed by atoms with Crippen molar-refractivity contribution in [1.82, 2.24) is 15.0 Å². The Balaban J connectivity index is 1.29. The van der Waals surface area contributed by atoms with Crippen molar-refractivity contribution in [1.29, 1.82) is 0 Å². The van der Waals surface area contributed by atoms with E-state index in [9.17, 15) is 0 Å². The van der Waals surface area contributed by atoms with Gasteiger partial charge in [-0.3, -0.25) is 9.97 Å². The summed E-state index contributed by atoms with van der Waals surface area (Å²) < 4.78 is 6.09. The van der Waals surface area contributed by atoms with Crippen LogP contribution in [0.4, 0.5) is 0 Å². The van der Waals surface area contributed by atoms with Gasteiger partial charge < -0.3 is 4.43 Å². The van der Waals surface area contributed by atoms with E-state index in [2.05, 4.69) is 42.9 Å². The number of pyridine rings is 1. The Bertz CT molecular complexity index is 855. The van der Waals surface area contributed by atoms with Crippen molar-refractivity contribution in [3.05, 3.63) is 36.3 Å². The monoisotopic (exact) mass is 523 g/mol. The average molecular weight is 524 g/mol. The van der Waals surface area contributed by atoms with Crippen molar-refractivity contribution in [2.45, 2.75) is 130 Å². The van der Waals surface area contributed by atoms with E-state index in [1.807, 2.05) is 6.20 Å². The minimum absolute atomic E-state index is 0.642. The lowest BCUT2D eigenvalue weighted by Gasteiger charge is -2.15.